The lowest BCUT2D eigenvalue weighted by Crippen LogP contribution is -2.04. The third kappa shape index (κ3) is 3.50. The van der Waals surface area contributed by atoms with Crippen LogP contribution in [0.25, 0.3) is 21.6 Å². The van der Waals surface area contributed by atoms with E-state index in [1.54, 1.807) is 30.6 Å². The highest BCUT2D eigenvalue weighted by molar-refractivity contribution is 7.18. The lowest BCUT2D eigenvalue weighted by Gasteiger charge is -2.09. The lowest BCUT2D eigenvalue weighted by atomic mass is 10.2. The van der Waals surface area contributed by atoms with E-state index in [1.807, 2.05) is 12.1 Å². The van der Waals surface area contributed by atoms with Crippen molar-refractivity contribution in [3.05, 3.63) is 59.2 Å². The van der Waals surface area contributed by atoms with Crippen molar-refractivity contribution in [3.8, 4) is 22.9 Å². The molecule has 10 heteroatoms. The number of anilines is 1. The van der Waals surface area contributed by atoms with Crippen LogP contribution in [0.15, 0.2) is 48.8 Å². The molecule has 1 aromatic carbocycles. The standard InChI is InChI=1S/C20H13F3N4O2S/c21-20(22,23)16-8-13-18(25-9-11-1-2-14-15(7-11)29-10-28-14)26-17(27-19(13)30-16)12-3-5-24-6-4-12/h1-8H,9-10H2,(H,25,26,27). The molecule has 1 N–H and O–H groups in total. The van der Waals surface area contributed by atoms with Crippen LogP contribution in [0.1, 0.15) is 10.4 Å². The molecule has 0 spiro atoms. The summed E-state index contributed by atoms with van der Waals surface area (Å²) < 4.78 is 50.5. The van der Waals surface area contributed by atoms with Gasteiger partial charge in [0, 0.05) is 24.5 Å². The summed E-state index contributed by atoms with van der Waals surface area (Å²) in [5.74, 6) is 1.95. The van der Waals surface area contributed by atoms with Crippen molar-refractivity contribution in [1.29, 1.82) is 0 Å². The summed E-state index contributed by atoms with van der Waals surface area (Å²) in [7, 11) is 0. The molecule has 0 saturated carbocycles. The number of benzene rings is 1. The van der Waals surface area contributed by atoms with Crippen LogP contribution >= 0.6 is 11.3 Å². The Hall–Kier alpha value is -3.40. The second-order valence-corrected chi connectivity index (χ2v) is 7.53. The van der Waals surface area contributed by atoms with Crippen LogP contribution < -0.4 is 14.8 Å². The largest absolute Gasteiger partial charge is 0.454 e. The van der Waals surface area contributed by atoms with E-state index in [2.05, 4.69) is 20.3 Å². The molecule has 4 heterocycles. The molecule has 30 heavy (non-hydrogen) atoms. The van der Waals surface area contributed by atoms with Crippen molar-refractivity contribution >= 4 is 27.4 Å². The van der Waals surface area contributed by atoms with Gasteiger partial charge in [0.2, 0.25) is 6.79 Å². The van der Waals surface area contributed by atoms with E-state index in [1.165, 1.54) is 0 Å². The molecule has 0 bridgehead atoms. The topological polar surface area (TPSA) is 69.2 Å². The molecule has 0 unspecified atom stereocenters. The number of alkyl halides is 3. The van der Waals surface area contributed by atoms with Crippen LogP contribution in [0.5, 0.6) is 11.5 Å². The Balaban J connectivity index is 1.53. The van der Waals surface area contributed by atoms with Gasteiger partial charge < -0.3 is 14.8 Å². The molecular weight excluding hydrogens is 417 g/mol. The number of rotatable bonds is 4. The van der Waals surface area contributed by atoms with Crippen molar-refractivity contribution in [3.63, 3.8) is 0 Å². The van der Waals surface area contributed by atoms with Gasteiger partial charge in [0.1, 0.15) is 15.5 Å². The first-order chi connectivity index (χ1) is 14.5. The molecule has 1 aliphatic heterocycles. The zero-order chi connectivity index (χ0) is 20.7. The third-order valence-corrected chi connectivity index (χ3v) is 5.58. The predicted octanol–water partition coefficient (Wildman–Crippen LogP) is 5.11. The minimum Gasteiger partial charge on any atom is -0.454 e. The van der Waals surface area contributed by atoms with Gasteiger partial charge in [-0.2, -0.15) is 13.2 Å². The molecule has 0 atom stereocenters. The van der Waals surface area contributed by atoms with Gasteiger partial charge in [-0.25, -0.2) is 9.97 Å². The van der Waals surface area contributed by atoms with Crippen molar-refractivity contribution in [2.45, 2.75) is 12.7 Å². The molecule has 152 valence electrons. The molecule has 0 aliphatic carbocycles. The number of ether oxygens (including phenoxy) is 2. The Morgan fingerprint density at radius 1 is 1.00 bits per heavy atom. The Morgan fingerprint density at radius 3 is 2.60 bits per heavy atom. The second-order valence-electron chi connectivity index (χ2n) is 6.50. The van der Waals surface area contributed by atoms with Crippen LogP contribution in [-0.4, -0.2) is 21.7 Å². The Morgan fingerprint density at radius 2 is 1.80 bits per heavy atom. The number of nitrogens with zero attached hydrogens (tertiary/aromatic N) is 3. The van der Waals surface area contributed by atoms with Crippen LogP contribution in [-0.2, 0) is 12.7 Å². The molecule has 5 rings (SSSR count). The first-order valence-electron chi connectivity index (χ1n) is 8.89. The molecule has 3 aromatic heterocycles. The Labute approximate surface area is 172 Å². The number of nitrogens with one attached hydrogen (secondary N) is 1. The summed E-state index contributed by atoms with van der Waals surface area (Å²) in [6.07, 6.45) is -1.28. The van der Waals surface area contributed by atoms with Crippen LogP contribution in [0, 0.1) is 0 Å². The van der Waals surface area contributed by atoms with Crippen molar-refractivity contribution in [1.82, 2.24) is 15.0 Å². The highest BCUT2D eigenvalue weighted by Gasteiger charge is 2.33. The van der Waals surface area contributed by atoms with E-state index in [4.69, 9.17) is 9.47 Å². The van der Waals surface area contributed by atoms with Crippen molar-refractivity contribution in [2.75, 3.05) is 12.1 Å². The molecule has 1 aliphatic rings. The number of aromatic nitrogens is 3. The average Bonchev–Trinajstić information content (AvgIpc) is 3.38. The first kappa shape index (κ1) is 18.6. The summed E-state index contributed by atoms with van der Waals surface area (Å²) in [4.78, 5) is 12.3. The summed E-state index contributed by atoms with van der Waals surface area (Å²) in [5, 5.41) is 3.47. The van der Waals surface area contributed by atoms with E-state index in [-0.39, 0.29) is 11.6 Å². The van der Waals surface area contributed by atoms with E-state index >= 15 is 0 Å². The monoisotopic (exact) mass is 430 g/mol. The lowest BCUT2D eigenvalue weighted by molar-refractivity contribution is -0.134. The first-order valence-corrected chi connectivity index (χ1v) is 9.70. The van der Waals surface area contributed by atoms with E-state index in [9.17, 15) is 13.2 Å². The fraction of sp³-hybridized carbons (Fsp3) is 0.150. The fourth-order valence-corrected chi connectivity index (χ4v) is 3.96. The van der Waals surface area contributed by atoms with Crippen molar-refractivity contribution < 1.29 is 22.6 Å². The van der Waals surface area contributed by atoms with E-state index in [0.717, 1.165) is 11.6 Å². The van der Waals surface area contributed by atoms with Gasteiger partial charge in [-0.05, 0) is 35.9 Å². The van der Waals surface area contributed by atoms with Gasteiger partial charge in [0.25, 0.3) is 0 Å². The van der Waals surface area contributed by atoms with E-state index in [0.29, 0.717) is 52.0 Å². The maximum Gasteiger partial charge on any atom is 0.425 e. The summed E-state index contributed by atoms with van der Waals surface area (Å²) in [5.41, 5.74) is 1.54. The number of hydrogen-bond acceptors (Lipinski definition) is 7. The maximum atomic E-state index is 13.3. The zero-order valence-corrected chi connectivity index (χ0v) is 16.0. The van der Waals surface area contributed by atoms with Gasteiger partial charge in [0.05, 0.1) is 5.39 Å². The zero-order valence-electron chi connectivity index (χ0n) is 15.2. The molecule has 0 amide bonds. The predicted molar refractivity (Wildman–Crippen MR) is 106 cm³/mol. The molecule has 4 aromatic rings. The maximum absolute atomic E-state index is 13.3. The molecule has 0 fully saturated rings. The van der Waals surface area contributed by atoms with Crippen LogP contribution in [0.2, 0.25) is 0 Å². The second kappa shape index (κ2) is 7.13. The van der Waals surface area contributed by atoms with Crippen LogP contribution in [0.3, 0.4) is 0 Å². The minimum absolute atomic E-state index is 0.170. The Kier molecular flexibility index (Phi) is 4.43. The molecule has 0 saturated heterocycles. The van der Waals surface area contributed by atoms with Gasteiger partial charge >= 0.3 is 6.18 Å². The number of pyridine rings is 1. The van der Waals surface area contributed by atoms with Gasteiger partial charge in [-0.1, -0.05) is 6.07 Å². The number of hydrogen-bond donors (Lipinski definition) is 1. The average molecular weight is 430 g/mol. The quantitative estimate of drug-likeness (QED) is 0.485. The SMILES string of the molecule is FC(F)(F)c1cc2c(NCc3ccc4c(c3)OCO4)nc(-c3ccncc3)nc2s1. The summed E-state index contributed by atoms with van der Waals surface area (Å²) in [6, 6.07) is 9.98. The summed E-state index contributed by atoms with van der Waals surface area (Å²) in [6.45, 7) is 0.513. The van der Waals surface area contributed by atoms with Gasteiger partial charge in [0.15, 0.2) is 17.3 Å². The number of fused-ring (bicyclic) bond motifs is 2. The normalized spacial score (nSPS) is 13.0. The number of thiophene rings is 1. The molecule has 6 nitrogen and oxygen atoms in total. The van der Waals surface area contributed by atoms with Crippen LogP contribution in [0.4, 0.5) is 19.0 Å². The minimum atomic E-state index is -4.45. The summed E-state index contributed by atoms with van der Waals surface area (Å²) >= 11 is 0.597. The molecule has 0 radical (unpaired) electrons. The van der Waals surface area contributed by atoms with E-state index < -0.39 is 11.1 Å². The highest BCUT2D eigenvalue weighted by Crippen LogP contribution is 2.40. The van der Waals surface area contributed by atoms with Gasteiger partial charge in [-0.15, -0.1) is 11.3 Å². The fourth-order valence-electron chi connectivity index (χ4n) is 3.06. The van der Waals surface area contributed by atoms with Crippen molar-refractivity contribution in [2.24, 2.45) is 0 Å². The Bertz CT molecular complexity index is 1230. The number of halogens is 3. The third-order valence-electron chi connectivity index (χ3n) is 4.51. The molecular formula is C20H13F3N4O2S. The highest BCUT2D eigenvalue weighted by atomic mass is 32.1. The van der Waals surface area contributed by atoms with Gasteiger partial charge in [-0.3, -0.25) is 4.98 Å². The smallest absolute Gasteiger partial charge is 0.425 e.